The lowest BCUT2D eigenvalue weighted by atomic mass is 10.1. The first kappa shape index (κ1) is 10.0. The van der Waals surface area contributed by atoms with Crippen LogP contribution >= 0.6 is 22.9 Å². The molecule has 14 heavy (non-hydrogen) atoms. The molecule has 1 aromatic rings. The highest BCUT2D eigenvalue weighted by molar-refractivity contribution is 14.1. The highest BCUT2D eigenvalue weighted by Crippen LogP contribution is 2.36. The number of nitrogens with zero attached hydrogens (tertiary/aromatic N) is 1. The van der Waals surface area contributed by atoms with Crippen molar-refractivity contribution in [2.24, 2.45) is 0 Å². The molecule has 1 aliphatic carbocycles. The monoisotopic (exact) mass is 297 g/mol. The summed E-state index contributed by atoms with van der Waals surface area (Å²) in [5.74, 6) is 2.69. The van der Waals surface area contributed by atoms with Crippen molar-refractivity contribution in [3.05, 3.63) is 35.4 Å². The van der Waals surface area contributed by atoms with Crippen molar-refractivity contribution >= 4 is 22.9 Å². The highest BCUT2D eigenvalue weighted by atomic mass is 127. The van der Waals surface area contributed by atoms with Crippen molar-refractivity contribution in [1.82, 2.24) is 3.11 Å². The Morgan fingerprint density at radius 2 is 2.29 bits per heavy atom. The van der Waals surface area contributed by atoms with Gasteiger partial charge in [-0.1, -0.05) is 30.2 Å². The van der Waals surface area contributed by atoms with Crippen LogP contribution in [0.4, 0.5) is 0 Å². The maximum atomic E-state index is 5.32. The van der Waals surface area contributed by atoms with Crippen LogP contribution in [-0.4, -0.2) is 9.66 Å². The van der Waals surface area contributed by atoms with Crippen LogP contribution in [0.15, 0.2) is 24.3 Å². The van der Waals surface area contributed by atoms with E-state index in [0.29, 0.717) is 6.04 Å². The lowest BCUT2D eigenvalue weighted by Gasteiger charge is -2.20. The van der Waals surface area contributed by atoms with Crippen LogP contribution in [0.5, 0.6) is 0 Å². The third kappa shape index (κ3) is 1.79. The van der Waals surface area contributed by atoms with Crippen molar-refractivity contribution in [3.63, 3.8) is 0 Å². The molecule has 0 N–H and O–H groups in total. The zero-order valence-corrected chi connectivity index (χ0v) is 10.1. The number of fused-ring (bicyclic) bond motifs is 1. The fourth-order valence-electron chi connectivity index (χ4n) is 2.02. The molecule has 1 aliphatic rings. The van der Waals surface area contributed by atoms with E-state index in [2.05, 4.69) is 56.2 Å². The largest absolute Gasteiger partial charge is 0.228 e. The molecule has 1 nitrogen and oxygen atoms in total. The number of hydrogen-bond acceptors (Lipinski definition) is 1. The van der Waals surface area contributed by atoms with Gasteiger partial charge in [0, 0.05) is 28.9 Å². The van der Waals surface area contributed by atoms with Crippen LogP contribution < -0.4 is 0 Å². The molecule has 0 fully saturated rings. The molecule has 0 aliphatic heterocycles. The van der Waals surface area contributed by atoms with Crippen molar-refractivity contribution in [2.75, 3.05) is 6.54 Å². The number of halogens is 1. The molecule has 2 heteroatoms. The maximum absolute atomic E-state index is 5.32. The number of terminal acetylenes is 1. The van der Waals surface area contributed by atoms with Crippen molar-refractivity contribution in [1.29, 1.82) is 0 Å². The summed E-state index contributed by atoms with van der Waals surface area (Å²) >= 11 is 2.33. The van der Waals surface area contributed by atoms with E-state index in [1.807, 2.05) is 0 Å². The van der Waals surface area contributed by atoms with Crippen LogP contribution in [-0.2, 0) is 6.42 Å². The van der Waals surface area contributed by atoms with Gasteiger partial charge in [0.15, 0.2) is 0 Å². The first-order valence-corrected chi connectivity index (χ1v) is 5.73. The summed E-state index contributed by atoms with van der Waals surface area (Å²) in [6.45, 7) is 0.722. The fraction of sp³-hybridized carbons (Fsp3) is 0.333. The minimum atomic E-state index is 0.517. The zero-order valence-electron chi connectivity index (χ0n) is 7.91. The molecule has 1 unspecified atom stereocenters. The van der Waals surface area contributed by atoms with Gasteiger partial charge in [-0.3, -0.25) is 0 Å². The molecule has 0 saturated heterocycles. The van der Waals surface area contributed by atoms with Crippen molar-refractivity contribution in [3.8, 4) is 12.3 Å². The van der Waals surface area contributed by atoms with Crippen molar-refractivity contribution in [2.45, 2.75) is 18.9 Å². The lowest BCUT2D eigenvalue weighted by molar-refractivity contribution is 0.425. The Kier molecular flexibility index (Phi) is 3.09. The van der Waals surface area contributed by atoms with Gasteiger partial charge in [-0.25, -0.2) is 3.11 Å². The quantitative estimate of drug-likeness (QED) is 0.461. The number of rotatable bonds is 2. The van der Waals surface area contributed by atoms with E-state index >= 15 is 0 Å². The minimum Gasteiger partial charge on any atom is -0.228 e. The van der Waals surface area contributed by atoms with E-state index in [-0.39, 0.29) is 0 Å². The standard InChI is InChI=1S/C12H12IN/c1-2-9-14(13)12-8-7-10-5-3-4-6-11(10)12/h1,3-6,12H,7-9H2. The van der Waals surface area contributed by atoms with Gasteiger partial charge < -0.3 is 0 Å². The van der Waals surface area contributed by atoms with E-state index in [1.54, 1.807) is 0 Å². The average molecular weight is 297 g/mol. The highest BCUT2D eigenvalue weighted by Gasteiger charge is 2.25. The third-order valence-electron chi connectivity index (χ3n) is 2.68. The number of hydrogen-bond donors (Lipinski definition) is 0. The maximum Gasteiger partial charge on any atom is 0.0697 e. The molecule has 0 spiro atoms. The molecule has 2 rings (SSSR count). The van der Waals surface area contributed by atoms with Crippen molar-refractivity contribution < 1.29 is 0 Å². The molecule has 1 atom stereocenters. The summed E-state index contributed by atoms with van der Waals surface area (Å²) in [7, 11) is 0. The van der Waals surface area contributed by atoms with Crippen LogP contribution in [0.1, 0.15) is 23.6 Å². The molecule has 0 heterocycles. The first-order valence-electron chi connectivity index (χ1n) is 4.76. The predicted molar refractivity (Wildman–Crippen MR) is 67.1 cm³/mol. The van der Waals surface area contributed by atoms with E-state index < -0.39 is 0 Å². The zero-order chi connectivity index (χ0) is 9.97. The molecule has 0 amide bonds. The molecule has 1 aromatic carbocycles. The van der Waals surface area contributed by atoms with Gasteiger partial charge in [-0.15, -0.1) is 6.42 Å². The number of aryl methyl sites for hydroxylation is 1. The average Bonchev–Trinajstić information content (AvgIpc) is 2.61. The second kappa shape index (κ2) is 4.33. The second-order valence-corrected chi connectivity index (χ2v) is 4.75. The number of benzene rings is 1. The summed E-state index contributed by atoms with van der Waals surface area (Å²) < 4.78 is 2.23. The summed E-state index contributed by atoms with van der Waals surface area (Å²) in [6.07, 6.45) is 7.70. The minimum absolute atomic E-state index is 0.517. The Morgan fingerprint density at radius 1 is 1.50 bits per heavy atom. The molecular formula is C12H12IN. The SMILES string of the molecule is C#CCN(I)C1CCc2ccccc21. The molecule has 0 radical (unpaired) electrons. The third-order valence-corrected chi connectivity index (χ3v) is 3.70. The Bertz CT molecular complexity index is 367. The summed E-state index contributed by atoms with van der Waals surface area (Å²) in [4.78, 5) is 0. The molecule has 0 aromatic heterocycles. The lowest BCUT2D eigenvalue weighted by Crippen LogP contribution is -2.16. The molecule has 0 bridgehead atoms. The van der Waals surface area contributed by atoms with E-state index in [0.717, 1.165) is 6.54 Å². The first-order chi connectivity index (χ1) is 6.83. The Labute approximate surface area is 99.0 Å². The van der Waals surface area contributed by atoms with E-state index in [4.69, 9.17) is 6.42 Å². The molecule has 0 saturated carbocycles. The van der Waals surface area contributed by atoms with E-state index in [9.17, 15) is 0 Å². The normalized spacial score (nSPS) is 19.4. The van der Waals surface area contributed by atoms with Crippen LogP contribution in [0.25, 0.3) is 0 Å². The van der Waals surface area contributed by atoms with Crippen LogP contribution in [0.2, 0.25) is 0 Å². The molecule has 72 valence electrons. The van der Waals surface area contributed by atoms with Gasteiger partial charge in [0.25, 0.3) is 0 Å². The van der Waals surface area contributed by atoms with Gasteiger partial charge >= 0.3 is 0 Å². The van der Waals surface area contributed by atoms with Gasteiger partial charge in [0.2, 0.25) is 0 Å². The Morgan fingerprint density at radius 3 is 3.07 bits per heavy atom. The topological polar surface area (TPSA) is 3.24 Å². The van der Waals surface area contributed by atoms with Crippen LogP contribution in [0, 0.1) is 12.3 Å². The second-order valence-electron chi connectivity index (χ2n) is 3.52. The van der Waals surface area contributed by atoms with Gasteiger partial charge in [-0.2, -0.15) is 0 Å². The van der Waals surface area contributed by atoms with E-state index in [1.165, 1.54) is 24.0 Å². The fourth-order valence-corrected chi connectivity index (χ4v) is 2.80. The Balaban J connectivity index is 2.22. The molecular weight excluding hydrogens is 285 g/mol. The van der Waals surface area contributed by atoms with Crippen LogP contribution in [0.3, 0.4) is 0 Å². The predicted octanol–water partition coefficient (Wildman–Crippen LogP) is 2.96. The van der Waals surface area contributed by atoms with Gasteiger partial charge in [0.1, 0.15) is 0 Å². The van der Waals surface area contributed by atoms with Gasteiger partial charge in [0.05, 0.1) is 6.54 Å². The summed E-state index contributed by atoms with van der Waals surface area (Å²) in [5.41, 5.74) is 2.94. The smallest absolute Gasteiger partial charge is 0.0697 e. The summed E-state index contributed by atoms with van der Waals surface area (Å²) in [6, 6.07) is 9.17. The Hall–Kier alpha value is -0.530. The summed E-state index contributed by atoms with van der Waals surface area (Å²) in [5, 5.41) is 0. The van der Waals surface area contributed by atoms with Gasteiger partial charge in [-0.05, 0) is 24.0 Å².